The van der Waals surface area contributed by atoms with Gasteiger partial charge in [0.15, 0.2) is 0 Å². The lowest BCUT2D eigenvalue weighted by atomic mass is 9.81. The molecular formula is C19H22ClN3O5. The highest BCUT2D eigenvalue weighted by molar-refractivity contribution is 6.31. The van der Waals surface area contributed by atoms with Crippen molar-refractivity contribution in [1.82, 2.24) is 15.8 Å². The monoisotopic (exact) mass is 407 g/mol. The van der Waals surface area contributed by atoms with Crippen LogP contribution in [0.1, 0.15) is 42.5 Å². The fourth-order valence-corrected chi connectivity index (χ4v) is 3.95. The maximum Gasteiger partial charge on any atom is 0.273 e. The van der Waals surface area contributed by atoms with Gasteiger partial charge >= 0.3 is 0 Å². The largest absolute Gasteiger partial charge is 0.496 e. The van der Waals surface area contributed by atoms with Gasteiger partial charge in [0.05, 0.1) is 24.5 Å². The molecule has 4 amide bonds. The van der Waals surface area contributed by atoms with Gasteiger partial charge in [-0.15, -0.1) is 0 Å². The number of methoxy groups -OCH3 is 1. The average molecular weight is 408 g/mol. The Labute approximate surface area is 167 Å². The molecule has 0 unspecified atom stereocenters. The number of carbonyl (C=O) groups excluding carboxylic acids is 4. The Hall–Kier alpha value is -2.61. The molecule has 0 bridgehead atoms. The first-order chi connectivity index (χ1) is 13.4. The number of hydrogen-bond donors (Lipinski definition) is 2. The molecule has 1 aliphatic carbocycles. The van der Waals surface area contributed by atoms with Crippen LogP contribution in [0.2, 0.25) is 5.02 Å². The number of hydrazine groups is 1. The fraction of sp³-hybridized carbons (Fsp3) is 0.474. The van der Waals surface area contributed by atoms with Crippen molar-refractivity contribution in [3.05, 3.63) is 28.8 Å². The normalized spacial score (nSPS) is 21.3. The Morgan fingerprint density at radius 2 is 1.79 bits per heavy atom. The van der Waals surface area contributed by atoms with Crippen LogP contribution in [0, 0.1) is 11.8 Å². The maximum atomic E-state index is 12.4. The molecule has 3 rings (SSSR count). The van der Waals surface area contributed by atoms with Crippen LogP contribution in [-0.2, 0) is 14.4 Å². The maximum absolute atomic E-state index is 12.4. The van der Waals surface area contributed by atoms with Gasteiger partial charge in [-0.2, -0.15) is 0 Å². The third-order valence-electron chi connectivity index (χ3n) is 5.22. The molecule has 1 aliphatic heterocycles. The van der Waals surface area contributed by atoms with E-state index >= 15 is 0 Å². The summed E-state index contributed by atoms with van der Waals surface area (Å²) >= 11 is 5.89. The molecule has 2 N–H and O–H groups in total. The molecule has 1 heterocycles. The molecule has 0 radical (unpaired) electrons. The van der Waals surface area contributed by atoms with Gasteiger partial charge in [0.25, 0.3) is 5.91 Å². The highest BCUT2D eigenvalue weighted by atomic mass is 35.5. The van der Waals surface area contributed by atoms with E-state index in [2.05, 4.69) is 10.9 Å². The lowest BCUT2D eigenvalue weighted by molar-refractivity contribution is -0.140. The van der Waals surface area contributed by atoms with E-state index in [9.17, 15) is 19.2 Å². The second kappa shape index (κ2) is 8.60. The van der Waals surface area contributed by atoms with Crippen molar-refractivity contribution in [2.24, 2.45) is 11.8 Å². The number of rotatable bonds is 5. The van der Waals surface area contributed by atoms with Crippen molar-refractivity contribution in [3.63, 3.8) is 0 Å². The summed E-state index contributed by atoms with van der Waals surface area (Å²) in [5.41, 5.74) is 4.74. The van der Waals surface area contributed by atoms with Gasteiger partial charge in [0.2, 0.25) is 17.7 Å². The smallest absolute Gasteiger partial charge is 0.273 e. The van der Waals surface area contributed by atoms with Gasteiger partial charge in [0, 0.05) is 18.0 Å². The molecule has 9 heteroatoms. The first-order valence-electron chi connectivity index (χ1n) is 9.20. The summed E-state index contributed by atoms with van der Waals surface area (Å²) in [4.78, 5) is 50.3. The van der Waals surface area contributed by atoms with Crippen LogP contribution in [0.15, 0.2) is 18.2 Å². The molecule has 0 spiro atoms. The summed E-state index contributed by atoms with van der Waals surface area (Å²) in [6, 6.07) is 4.55. The van der Waals surface area contributed by atoms with Crippen molar-refractivity contribution in [3.8, 4) is 5.75 Å². The molecule has 1 aromatic rings. The molecular weight excluding hydrogens is 386 g/mol. The summed E-state index contributed by atoms with van der Waals surface area (Å²) in [5, 5.41) is 0.352. The molecule has 1 saturated carbocycles. The van der Waals surface area contributed by atoms with E-state index in [0.29, 0.717) is 10.8 Å². The summed E-state index contributed by atoms with van der Waals surface area (Å²) < 4.78 is 5.10. The molecule has 0 aromatic heterocycles. The van der Waals surface area contributed by atoms with E-state index in [-0.39, 0.29) is 42.2 Å². The summed E-state index contributed by atoms with van der Waals surface area (Å²) in [7, 11) is 1.42. The third kappa shape index (κ3) is 4.11. The fourth-order valence-electron chi connectivity index (χ4n) is 3.78. The summed E-state index contributed by atoms with van der Waals surface area (Å²) in [6.45, 7) is 0.00680. The van der Waals surface area contributed by atoms with Gasteiger partial charge in [-0.25, -0.2) is 0 Å². The van der Waals surface area contributed by atoms with Crippen LogP contribution in [-0.4, -0.2) is 42.2 Å². The Morgan fingerprint density at radius 3 is 2.39 bits per heavy atom. The molecule has 150 valence electrons. The number of nitrogens with one attached hydrogen (secondary N) is 2. The van der Waals surface area contributed by atoms with E-state index in [0.717, 1.165) is 25.7 Å². The Morgan fingerprint density at radius 1 is 1.14 bits per heavy atom. The second-order valence-electron chi connectivity index (χ2n) is 6.92. The molecule has 28 heavy (non-hydrogen) atoms. The minimum atomic E-state index is -0.591. The molecule has 8 nitrogen and oxygen atoms in total. The summed E-state index contributed by atoms with van der Waals surface area (Å²) in [5.74, 6) is -1.63. The van der Waals surface area contributed by atoms with Gasteiger partial charge in [0.1, 0.15) is 5.75 Å². The van der Waals surface area contributed by atoms with E-state index in [4.69, 9.17) is 16.3 Å². The number of likely N-dealkylation sites (tertiary alicyclic amines) is 1. The van der Waals surface area contributed by atoms with Crippen LogP contribution in [0.5, 0.6) is 5.75 Å². The lowest BCUT2D eigenvalue weighted by Crippen LogP contribution is -2.43. The number of hydrogen-bond acceptors (Lipinski definition) is 5. The minimum Gasteiger partial charge on any atom is -0.496 e. The summed E-state index contributed by atoms with van der Waals surface area (Å²) in [6.07, 6.45) is 3.27. The number of imide groups is 1. The number of amides is 4. The first kappa shape index (κ1) is 20.1. The zero-order chi connectivity index (χ0) is 20.3. The number of halogens is 1. The van der Waals surface area contributed by atoms with Gasteiger partial charge in [-0.3, -0.25) is 34.9 Å². The van der Waals surface area contributed by atoms with Crippen molar-refractivity contribution in [1.29, 1.82) is 0 Å². The highest BCUT2D eigenvalue weighted by Gasteiger charge is 2.47. The number of nitrogens with zero attached hydrogens (tertiary/aromatic N) is 1. The van der Waals surface area contributed by atoms with Crippen LogP contribution in [0.25, 0.3) is 0 Å². The lowest BCUT2D eigenvalue weighted by Gasteiger charge is -2.19. The molecule has 2 aliphatic rings. The average Bonchev–Trinajstić information content (AvgIpc) is 2.95. The Balaban J connectivity index is 1.51. The van der Waals surface area contributed by atoms with E-state index < -0.39 is 11.8 Å². The van der Waals surface area contributed by atoms with Crippen LogP contribution < -0.4 is 15.6 Å². The quantitative estimate of drug-likeness (QED) is 0.570. The minimum absolute atomic E-state index is 0.00680. The van der Waals surface area contributed by atoms with Gasteiger partial charge in [-0.1, -0.05) is 24.4 Å². The van der Waals surface area contributed by atoms with Crippen LogP contribution in [0.3, 0.4) is 0 Å². The first-order valence-corrected chi connectivity index (χ1v) is 9.58. The Bertz CT molecular complexity index is 789. The van der Waals surface area contributed by atoms with Crippen molar-refractivity contribution in [2.45, 2.75) is 32.1 Å². The predicted molar refractivity (Wildman–Crippen MR) is 100 cm³/mol. The van der Waals surface area contributed by atoms with Crippen molar-refractivity contribution < 1.29 is 23.9 Å². The van der Waals surface area contributed by atoms with Crippen LogP contribution >= 0.6 is 11.6 Å². The predicted octanol–water partition coefficient (Wildman–Crippen LogP) is 1.67. The second-order valence-corrected chi connectivity index (χ2v) is 7.36. The van der Waals surface area contributed by atoms with Crippen LogP contribution in [0.4, 0.5) is 0 Å². The van der Waals surface area contributed by atoms with Gasteiger partial charge < -0.3 is 4.74 Å². The number of carbonyl (C=O) groups is 4. The Kier molecular flexibility index (Phi) is 6.18. The third-order valence-corrected chi connectivity index (χ3v) is 5.45. The SMILES string of the molecule is COc1ccc(Cl)cc1C(=O)NNC(=O)CCN1C(=O)[C@@H]2CCCC[C@H]2C1=O. The number of benzene rings is 1. The van der Waals surface area contributed by atoms with E-state index in [1.807, 2.05) is 0 Å². The van der Waals surface area contributed by atoms with Crippen molar-refractivity contribution in [2.75, 3.05) is 13.7 Å². The standard InChI is InChI=1S/C19H22ClN3O5/c1-28-15-7-6-11(20)10-14(15)17(25)22-21-16(24)8-9-23-18(26)12-4-2-3-5-13(12)19(23)27/h6-7,10,12-13H,2-5,8-9H2,1H3,(H,21,24)(H,22,25)/t12-,13-/m1/s1. The molecule has 2 atom stereocenters. The highest BCUT2D eigenvalue weighted by Crippen LogP contribution is 2.37. The number of fused-ring (bicyclic) bond motifs is 1. The zero-order valence-electron chi connectivity index (χ0n) is 15.5. The molecule has 2 fully saturated rings. The topological polar surface area (TPSA) is 105 Å². The molecule has 1 aromatic carbocycles. The zero-order valence-corrected chi connectivity index (χ0v) is 16.3. The van der Waals surface area contributed by atoms with Gasteiger partial charge in [-0.05, 0) is 31.0 Å². The van der Waals surface area contributed by atoms with E-state index in [1.165, 1.54) is 18.1 Å². The van der Waals surface area contributed by atoms with E-state index in [1.54, 1.807) is 12.1 Å². The molecule has 1 saturated heterocycles. The number of ether oxygens (including phenoxy) is 1. The van der Waals surface area contributed by atoms with Crippen molar-refractivity contribution >= 4 is 35.2 Å².